The molecule has 4 aromatic rings. The third kappa shape index (κ3) is 4.16. The first-order valence-electron chi connectivity index (χ1n) is 9.03. The summed E-state index contributed by atoms with van der Waals surface area (Å²) in [4.78, 5) is 14.3. The Hall–Kier alpha value is -3.93. The SMILES string of the molecule is CN(C(=O)c1ccn(-c2cccc(F)c2)n1)c1ccc(Oc2ccccc2)cc1. The fourth-order valence-electron chi connectivity index (χ4n) is 2.85. The van der Waals surface area contributed by atoms with E-state index in [2.05, 4.69) is 5.10 Å². The van der Waals surface area contributed by atoms with Crippen molar-refractivity contribution >= 4 is 11.6 Å². The molecule has 0 bridgehead atoms. The van der Waals surface area contributed by atoms with Gasteiger partial charge >= 0.3 is 0 Å². The van der Waals surface area contributed by atoms with Crippen molar-refractivity contribution in [2.45, 2.75) is 0 Å². The molecule has 0 aliphatic heterocycles. The maximum atomic E-state index is 13.4. The van der Waals surface area contributed by atoms with Crippen molar-refractivity contribution in [2.24, 2.45) is 0 Å². The highest BCUT2D eigenvalue weighted by Gasteiger charge is 2.17. The summed E-state index contributed by atoms with van der Waals surface area (Å²) >= 11 is 0. The molecule has 0 saturated carbocycles. The number of ether oxygens (including phenoxy) is 1. The first-order valence-corrected chi connectivity index (χ1v) is 9.03. The number of nitrogens with zero attached hydrogens (tertiary/aromatic N) is 3. The van der Waals surface area contributed by atoms with Crippen LogP contribution in [0.3, 0.4) is 0 Å². The van der Waals surface area contributed by atoms with Crippen LogP contribution in [0.25, 0.3) is 5.69 Å². The average molecular weight is 387 g/mol. The van der Waals surface area contributed by atoms with Gasteiger partial charge in [0.1, 0.15) is 17.3 Å². The molecule has 1 amide bonds. The fraction of sp³-hybridized carbons (Fsp3) is 0.0435. The maximum Gasteiger partial charge on any atom is 0.278 e. The summed E-state index contributed by atoms with van der Waals surface area (Å²) in [5.41, 5.74) is 1.52. The number of amides is 1. The minimum absolute atomic E-state index is 0.265. The predicted octanol–water partition coefficient (Wildman–Crippen LogP) is 5.08. The number of hydrogen-bond acceptors (Lipinski definition) is 3. The van der Waals surface area contributed by atoms with Crippen LogP contribution in [0.1, 0.15) is 10.5 Å². The lowest BCUT2D eigenvalue weighted by Gasteiger charge is -2.16. The van der Waals surface area contributed by atoms with Gasteiger partial charge < -0.3 is 9.64 Å². The van der Waals surface area contributed by atoms with Crippen LogP contribution in [-0.2, 0) is 0 Å². The number of halogens is 1. The third-order valence-corrected chi connectivity index (χ3v) is 4.39. The van der Waals surface area contributed by atoms with Crippen molar-refractivity contribution in [3.63, 3.8) is 0 Å². The van der Waals surface area contributed by atoms with Gasteiger partial charge in [0, 0.05) is 18.9 Å². The standard InChI is InChI=1S/C23H18FN3O2/c1-26(18-10-12-21(13-11-18)29-20-8-3-2-4-9-20)23(28)22-14-15-27(25-22)19-7-5-6-17(24)16-19/h2-16H,1H3. The van der Waals surface area contributed by atoms with E-state index in [9.17, 15) is 9.18 Å². The summed E-state index contributed by atoms with van der Waals surface area (Å²) in [7, 11) is 1.68. The lowest BCUT2D eigenvalue weighted by Crippen LogP contribution is -2.26. The lowest BCUT2D eigenvalue weighted by atomic mass is 10.2. The molecule has 29 heavy (non-hydrogen) atoms. The molecule has 6 heteroatoms. The quantitative estimate of drug-likeness (QED) is 0.480. The molecule has 0 atom stereocenters. The number of benzene rings is 3. The first kappa shape index (κ1) is 18.4. The van der Waals surface area contributed by atoms with Gasteiger partial charge in [-0.15, -0.1) is 0 Å². The van der Waals surface area contributed by atoms with Crippen LogP contribution < -0.4 is 9.64 Å². The molecule has 0 radical (unpaired) electrons. The van der Waals surface area contributed by atoms with E-state index in [1.54, 1.807) is 55.7 Å². The summed E-state index contributed by atoms with van der Waals surface area (Å²) < 4.78 is 20.7. The molecule has 0 aliphatic carbocycles. The normalized spacial score (nSPS) is 10.6. The molecule has 0 spiro atoms. The summed E-state index contributed by atoms with van der Waals surface area (Å²) in [6.45, 7) is 0. The molecular weight excluding hydrogens is 369 g/mol. The van der Waals surface area contributed by atoms with E-state index in [0.717, 1.165) is 5.75 Å². The van der Waals surface area contributed by atoms with Gasteiger partial charge in [0.15, 0.2) is 5.69 Å². The van der Waals surface area contributed by atoms with Gasteiger partial charge in [-0.25, -0.2) is 9.07 Å². The van der Waals surface area contributed by atoms with Crippen LogP contribution >= 0.6 is 0 Å². The number of carbonyl (C=O) groups is 1. The van der Waals surface area contributed by atoms with Gasteiger partial charge in [-0.3, -0.25) is 4.79 Å². The van der Waals surface area contributed by atoms with Crippen molar-refractivity contribution in [3.05, 3.63) is 103 Å². The Balaban J connectivity index is 1.48. The van der Waals surface area contributed by atoms with E-state index >= 15 is 0 Å². The Morgan fingerprint density at radius 2 is 1.66 bits per heavy atom. The highest BCUT2D eigenvalue weighted by atomic mass is 19.1. The van der Waals surface area contributed by atoms with Crippen LogP contribution in [0.4, 0.5) is 10.1 Å². The van der Waals surface area contributed by atoms with Crippen molar-refractivity contribution in [1.29, 1.82) is 0 Å². The minimum Gasteiger partial charge on any atom is -0.457 e. The maximum absolute atomic E-state index is 13.4. The van der Waals surface area contributed by atoms with Crippen molar-refractivity contribution < 1.29 is 13.9 Å². The molecule has 1 heterocycles. The second-order valence-corrected chi connectivity index (χ2v) is 6.40. The second kappa shape index (κ2) is 7.98. The molecule has 3 aromatic carbocycles. The number of aromatic nitrogens is 2. The van der Waals surface area contributed by atoms with E-state index in [1.807, 2.05) is 30.3 Å². The monoisotopic (exact) mass is 387 g/mol. The molecule has 0 aliphatic rings. The summed E-state index contributed by atoms with van der Waals surface area (Å²) in [5, 5.41) is 4.28. The van der Waals surface area contributed by atoms with Crippen LogP contribution in [0.2, 0.25) is 0 Å². The smallest absolute Gasteiger partial charge is 0.278 e. The lowest BCUT2D eigenvalue weighted by molar-refractivity contribution is 0.0988. The van der Waals surface area contributed by atoms with Crippen LogP contribution in [0, 0.1) is 5.82 Å². The number of hydrogen-bond donors (Lipinski definition) is 0. The van der Waals surface area contributed by atoms with Crippen LogP contribution in [0.15, 0.2) is 91.1 Å². The molecule has 0 fully saturated rings. The summed E-state index contributed by atoms with van der Waals surface area (Å²) in [6.07, 6.45) is 1.63. The molecule has 0 saturated heterocycles. The molecule has 1 aromatic heterocycles. The summed E-state index contributed by atoms with van der Waals surface area (Å²) in [6, 6.07) is 24.3. The third-order valence-electron chi connectivity index (χ3n) is 4.39. The molecule has 5 nitrogen and oxygen atoms in total. The fourth-order valence-corrected chi connectivity index (χ4v) is 2.85. The van der Waals surface area contributed by atoms with E-state index in [4.69, 9.17) is 4.74 Å². The van der Waals surface area contributed by atoms with E-state index in [0.29, 0.717) is 17.1 Å². The van der Waals surface area contributed by atoms with Crippen LogP contribution in [-0.4, -0.2) is 22.7 Å². The first-order chi connectivity index (χ1) is 14.1. The van der Waals surface area contributed by atoms with Gasteiger partial charge in [-0.1, -0.05) is 24.3 Å². The Kier molecular flexibility index (Phi) is 5.07. The van der Waals surface area contributed by atoms with E-state index in [-0.39, 0.29) is 17.4 Å². The number of anilines is 1. The zero-order valence-electron chi connectivity index (χ0n) is 15.7. The zero-order chi connectivity index (χ0) is 20.2. The molecule has 4 rings (SSSR count). The van der Waals surface area contributed by atoms with Gasteiger partial charge in [0.2, 0.25) is 0 Å². The number of rotatable bonds is 5. The molecular formula is C23H18FN3O2. The largest absolute Gasteiger partial charge is 0.457 e. The van der Waals surface area contributed by atoms with Crippen LogP contribution in [0.5, 0.6) is 11.5 Å². The molecule has 144 valence electrons. The van der Waals surface area contributed by atoms with Gasteiger partial charge in [0.05, 0.1) is 5.69 Å². The van der Waals surface area contributed by atoms with Crippen molar-refractivity contribution in [1.82, 2.24) is 9.78 Å². The summed E-state index contributed by atoms with van der Waals surface area (Å²) in [5.74, 6) is 0.793. The predicted molar refractivity (Wildman–Crippen MR) is 109 cm³/mol. The van der Waals surface area contributed by atoms with Crippen molar-refractivity contribution in [3.8, 4) is 17.2 Å². The van der Waals surface area contributed by atoms with E-state index < -0.39 is 0 Å². The Bertz CT molecular complexity index is 1120. The Morgan fingerprint density at radius 1 is 0.931 bits per heavy atom. The highest BCUT2D eigenvalue weighted by Crippen LogP contribution is 2.24. The number of carbonyl (C=O) groups excluding carboxylic acids is 1. The number of para-hydroxylation sites is 1. The molecule has 0 unspecified atom stereocenters. The van der Waals surface area contributed by atoms with E-state index in [1.165, 1.54) is 21.7 Å². The second-order valence-electron chi connectivity index (χ2n) is 6.40. The van der Waals surface area contributed by atoms with Crippen molar-refractivity contribution in [2.75, 3.05) is 11.9 Å². The zero-order valence-corrected chi connectivity index (χ0v) is 15.7. The minimum atomic E-state index is -0.360. The van der Waals surface area contributed by atoms with Gasteiger partial charge in [-0.05, 0) is 60.7 Å². The van der Waals surface area contributed by atoms with Gasteiger partial charge in [0.25, 0.3) is 5.91 Å². The topological polar surface area (TPSA) is 47.4 Å². The van der Waals surface area contributed by atoms with Gasteiger partial charge in [-0.2, -0.15) is 5.10 Å². The Morgan fingerprint density at radius 3 is 2.38 bits per heavy atom. The highest BCUT2D eigenvalue weighted by molar-refractivity contribution is 6.04. The average Bonchev–Trinajstić information content (AvgIpc) is 3.24. The molecule has 0 N–H and O–H groups in total. The Labute approximate surface area is 167 Å².